The minimum absolute atomic E-state index is 0.0566. The molecule has 1 atom stereocenters. The van der Waals surface area contributed by atoms with E-state index in [1.807, 2.05) is 11.4 Å². The first-order chi connectivity index (χ1) is 7.61. The molecule has 0 bridgehead atoms. The molecule has 0 saturated carbocycles. The van der Waals surface area contributed by atoms with Gasteiger partial charge in [-0.15, -0.1) is 34.3 Å². The van der Waals surface area contributed by atoms with Gasteiger partial charge in [0.1, 0.15) is 5.75 Å². The van der Waals surface area contributed by atoms with Gasteiger partial charge in [0.2, 0.25) is 0 Å². The lowest BCUT2D eigenvalue weighted by Crippen LogP contribution is -1.89. The van der Waals surface area contributed by atoms with Gasteiger partial charge in [0, 0.05) is 20.0 Å². The first kappa shape index (κ1) is 12.0. The molecule has 1 unspecified atom stereocenters. The third-order valence-electron chi connectivity index (χ3n) is 2.43. The minimum Gasteiger partial charge on any atom is -0.496 e. The molecule has 4 heteroatoms. The maximum Gasteiger partial charge on any atom is 0.129 e. The average molecular weight is 273 g/mol. The van der Waals surface area contributed by atoms with Gasteiger partial charge in [0.15, 0.2) is 0 Å². The van der Waals surface area contributed by atoms with Gasteiger partial charge in [-0.1, -0.05) is 0 Å². The summed E-state index contributed by atoms with van der Waals surface area (Å²) in [5.41, 5.74) is 1.22. The van der Waals surface area contributed by atoms with Crippen LogP contribution in [0.2, 0.25) is 0 Å². The zero-order valence-electron chi connectivity index (χ0n) is 9.41. The number of rotatable bonds is 3. The van der Waals surface area contributed by atoms with Crippen LogP contribution in [0.25, 0.3) is 0 Å². The zero-order chi connectivity index (χ0) is 11.7. The van der Waals surface area contributed by atoms with Crippen molar-refractivity contribution in [2.45, 2.75) is 19.2 Å². The smallest absolute Gasteiger partial charge is 0.129 e. The summed E-state index contributed by atoms with van der Waals surface area (Å²) in [5, 5.41) is 1.93. The van der Waals surface area contributed by atoms with Gasteiger partial charge < -0.3 is 4.74 Å². The van der Waals surface area contributed by atoms with Crippen LogP contribution in [0.1, 0.15) is 25.6 Å². The maximum atomic E-state index is 6.48. The van der Waals surface area contributed by atoms with Crippen LogP contribution in [0.15, 0.2) is 17.5 Å². The van der Waals surface area contributed by atoms with Crippen molar-refractivity contribution in [1.29, 1.82) is 0 Å². The molecule has 0 aliphatic rings. The quantitative estimate of drug-likeness (QED) is 0.732. The van der Waals surface area contributed by atoms with Crippen LogP contribution < -0.4 is 4.74 Å². The SMILES string of the molecule is COc1csc(C(Cl)c2cc(C)sc2C)c1. The fourth-order valence-electron chi connectivity index (χ4n) is 1.63. The maximum absolute atomic E-state index is 6.48. The van der Waals surface area contributed by atoms with E-state index in [1.54, 1.807) is 29.8 Å². The minimum atomic E-state index is -0.0566. The van der Waals surface area contributed by atoms with E-state index >= 15 is 0 Å². The summed E-state index contributed by atoms with van der Waals surface area (Å²) in [4.78, 5) is 3.74. The molecule has 16 heavy (non-hydrogen) atoms. The molecule has 2 aromatic rings. The number of methoxy groups -OCH3 is 1. The Bertz CT molecular complexity index is 487. The molecule has 2 rings (SSSR count). The number of aryl methyl sites for hydroxylation is 2. The fraction of sp³-hybridized carbons (Fsp3) is 0.333. The lowest BCUT2D eigenvalue weighted by molar-refractivity contribution is 0.416. The summed E-state index contributed by atoms with van der Waals surface area (Å²) in [5.74, 6) is 0.884. The highest BCUT2D eigenvalue weighted by Gasteiger charge is 2.17. The molecule has 0 aliphatic carbocycles. The largest absolute Gasteiger partial charge is 0.496 e. The first-order valence-corrected chi connectivity index (χ1v) is 7.08. The van der Waals surface area contributed by atoms with Crippen molar-refractivity contribution in [3.05, 3.63) is 37.7 Å². The molecule has 0 saturated heterocycles. The lowest BCUT2D eigenvalue weighted by Gasteiger charge is -2.06. The van der Waals surface area contributed by atoms with Gasteiger partial charge >= 0.3 is 0 Å². The summed E-state index contributed by atoms with van der Waals surface area (Å²) in [6, 6.07) is 4.18. The third-order valence-corrected chi connectivity index (χ3v) is 4.99. The summed E-state index contributed by atoms with van der Waals surface area (Å²) in [6.07, 6.45) is 0. The van der Waals surface area contributed by atoms with Gasteiger partial charge in [-0.2, -0.15) is 0 Å². The Kier molecular flexibility index (Phi) is 3.57. The fourth-order valence-corrected chi connectivity index (χ4v) is 3.95. The van der Waals surface area contributed by atoms with Crippen molar-refractivity contribution < 1.29 is 4.74 Å². The second kappa shape index (κ2) is 4.78. The van der Waals surface area contributed by atoms with E-state index in [1.165, 1.54) is 15.3 Å². The van der Waals surface area contributed by atoms with Crippen molar-refractivity contribution in [2.24, 2.45) is 0 Å². The number of hydrogen-bond acceptors (Lipinski definition) is 3. The van der Waals surface area contributed by atoms with Crippen molar-refractivity contribution in [2.75, 3.05) is 7.11 Å². The lowest BCUT2D eigenvalue weighted by atomic mass is 10.1. The molecular formula is C12H13ClOS2. The zero-order valence-corrected chi connectivity index (χ0v) is 11.8. The second-order valence-corrected chi connectivity index (χ2v) is 6.46. The van der Waals surface area contributed by atoms with E-state index in [-0.39, 0.29) is 5.38 Å². The number of hydrogen-bond donors (Lipinski definition) is 0. The average Bonchev–Trinajstić information content (AvgIpc) is 2.84. The summed E-state index contributed by atoms with van der Waals surface area (Å²) >= 11 is 9.92. The van der Waals surface area contributed by atoms with Crippen LogP contribution in [-0.4, -0.2) is 7.11 Å². The number of thiophene rings is 2. The molecule has 0 aliphatic heterocycles. The normalized spacial score (nSPS) is 12.8. The summed E-state index contributed by atoms with van der Waals surface area (Å²) in [6.45, 7) is 4.23. The molecule has 0 aromatic carbocycles. The monoisotopic (exact) mass is 272 g/mol. The first-order valence-electron chi connectivity index (χ1n) is 4.95. The van der Waals surface area contributed by atoms with Gasteiger partial charge in [-0.3, -0.25) is 0 Å². The van der Waals surface area contributed by atoms with E-state index in [4.69, 9.17) is 16.3 Å². The summed E-state index contributed by atoms with van der Waals surface area (Å²) < 4.78 is 5.17. The predicted octanol–water partition coefficient (Wildman–Crippen LogP) is 4.76. The van der Waals surface area contributed by atoms with E-state index < -0.39 is 0 Å². The Labute approximate surface area is 109 Å². The van der Waals surface area contributed by atoms with Crippen LogP contribution in [0.4, 0.5) is 0 Å². The third kappa shape index (κ3) is 2.26. The Morgan fingerprint density at radius 2 is 2.06 bits per heavy atom. The Morgan fingerprint density at radius 3 is 2.56 bits per heavy atom. The molecule has 0 fully saturated rings. The van der Waals surface area contributed by atoms with E-state index in [0.29, 0.717) is 0 Å². The molecule has 0 N–H and O–H groups in total. The summed E-state index contributed by atoms with van der Waals surface area (Å²) in [7, 11) is 1.68. The van der Waals surface area contributed by atoms with Crippen LogP contribution in [-0.2, 0) is 0 Å². The highest BCUT2D eigenvalue weighted by Crippen LogP contribution is 2.39. The highest BCUT2D eigenvalue weighted by atomic mass is 35.5. The van der Waals surface area contributed by atoms with Crippen molar-refractivity contribution >= 4 is 34.3 Å². The molecule has 0 spiro atoms. The van der Waals surface area contributed by atoms with Crippen molar-refractivity contribution in [3.63, 3.8) is 0 Å². The number of halogens is 1. The molecule has 0 radical (unpaired) electrons. The van der Waals surface area contributed by atoms with Crippen molar-refractivity contribution in [3.8, 4) is 5.75 Å². The second-order valence-electron chi connectivity index (χ2n) is 3.62. The van der Waals surface area contributed by atoms with Crippen LogP contribution in [0, 0.1) is 13.8 Å². The van der Waals surface area contributed by atoms with Crippen LogP contribution in [0.5, 0.6) is 5.75 Å². The number of alkyl halides is 1. The molecule has 0 amide bonds. The predicted molar refractivity (Wildman–Crippen MR) is 72.4 cm³/mol. The van der Waals surface area contributed by atoms with Gasteiger partial charge in [0.25, 0.3) is 0 Å². The van der Waals surface area contributed by atoms with Crippen LogP contribution >= 0.6 is 34.3 Å². The Balaban J connectivity index is 2.31. The number of ether oxygens (including phenoxy) is 1. The Hall–Kier alpha value is -0.510. The molecular weight excluding hydrogens is 260 g/mol. The van der Waals surface area contributed by atoms with Gasteiger partial charge in [0.05, 0.1) is 12.5 Å². The Morgan fingerprint density at radius 1 is 1.31 bits per heavy atom. The van der Waals surface area contributed by atoms with Gasteiger partial charge in [-0.05, 0) is 31.5 Å². The molecule has 86 valence electrons. The van der Waals surface area contributed by atoms with E-state index in [2.05, 4.69) is 19.9 Å². The van der Waals surface area contributed by atoms with E-state index in [9.17, 15) is 0 Å². The van der Waals surface area contributed by atoms with Crippen molar-refractivity contribution in [1.82, 2.24) is 0 Å². The highest BCUT2D eigenvalue weighted by molar-refractivity contribution is 7.12. The molecule has 2 heterocycles. The van der Waals surface area contributed by atoms with Gasteiger partial charge in [-0.25, -0.2) is 0 Å². The van der Waals surface area contributed by atoms with E-state index in [0.717, 1.165) is 10.6 Å². The molecule has 2 aromatic heterocycles. The topological polar surface area (TPSA) is 9.23 Å². The van der Waals surface area contributed by atoms with Crippen LogP contribution in [0.3, 0.4) is 0 Å². The standard InChI is InChI=1S/C12H13ClOS2/c1-7-4-10(8(2)16-7)12(13)11-5-9(14-3)6-15-11/h4-6,12H,1-3H3. The molecule has 1 nitrogen and oxygen atoms in total.